The number of benzene rings is 3. The van der Waals surface area contributed by atoms with Gasteiger partial charge in [-0.15, -0.1) is 0 Å². The fourth-order valence-electron chi connectivity index (χ4n) is 3.22. The summed E-state index contributed by atoms with van der Waals surface area (Å²) < 4.78 is 33.9. The molecule has 152 valence electrons. The molecule has 0 saturated heterocycles. The first-order valence-electron chi connectivity index (χ1n) is 7.89. The van der Waals surface area contributed by atoms with E-state index in [0.717, 1.165) is 6.07 Å². The third kappa shape index (κ3) is 3.65. The minimum absolute atomic E-state index is 0.0145. The van der Waals surface area contributed by atoms with Gasteiger partial charge in [0.1, 0.15) is 11.5 Å². The Morgan fingerprint density at radius 1 is 0.724 bits per heavy atom. The normalized spacial score (nSPS) is 13.8. The molecule has 0 aromatic heterocycles. The summed E-state index contributed by atoms with van der Waals surface area (Å²) in [6, 6.07) is 11.8. The van der Waals surface area contributed by atoms with Gasteiger partial charge in [-0.25, -0.2) is 0 Å². The van der Waals surface area contributed by atoms with E-state index < -0.39 is 31.9 Å². The molecule has 0 aliphatic heterocycles. The highest BCUT2D eigenvalue weighted by molar-refractivity contribution is 7.87. The molecule has 0 spiro atoms. The summed E-state index contributed by atoms with van der Waals surface area (Å²) in [5.74, 6) is -1.28. The van der Waals surface area contributed by atoms with E-state index in [2.05, 4.69) is 0 Å². The summed E-state index contributed by atoms with van der Waals surface area (Å²) in [5, 5.41) is 21.0. The van der Waals surface area contributed by atoms with Crippen molar-refractivity contribution >= 4 is 56.5 Å². The van der Waals surface area contributed by atoms with Crippen molar-refractivity contribution < 1.29 is 23.2 Å². The SMILES string of the molecule is O=S(=O)(O)C(c1cccc(Cl)c1)(c1cccc(Cl)c1O)c1cc(Cl)cc(Cl)c1O. The van der Waals surface area contributed by atoms with Crippen LogP contribution in [0.2, 0.25) is 20.1 Å². The van der Waals surface area contributed by atoms with E-state index >= 15 is 0 Å². The van der Waals surface area contributed by atoms with E-state index in [0.29, 0.717) is 0 Å². The van der Waals surface area contributed by atoms with Gasteiger partial charge in [0.15, 0.2) is 4.75 Å². The lowest BCUT2D eigenvalue weighted by atomic mass is 9.83. The first-order valence-corrected chi connectivity index (χ1v) is 10.8. The largest absolute Gasteiger partial charge is 0.506 e. The van der Waals surface area contributed by atoms with Crippen molar-refractivity contribution in [2.45, 2.75) is 4.75 Å². The topological polar surface area (TPSA) is 94.8 Å². The minimum Gasteiger partial charge on any atom is -0.506 e. The standard InChI is InChI=1S/C19H12Cl4O5S/c20-11-4-1-3-10(7-11)19(29(26,27)28,13-5-2-6-15(22)17(13)24)14-8-12(21)9-16(23)18(14)25/h1-9,24-25H,(H,26,27,28). The van der Waals surface area contributed by atoms with E-state index in [1.54, 1.807) is 0 Å². The van der Waals surface area contributed by atoms with Gasteiger partial charge in [0, 0.05) is 21.2 Å². The second-order valence-electron chi connectivity index (χ2n) is 6.09. The zero-order valence-electron chi connectivity index (χ0n) is 14.3. The summed E-state index contributed by atoms with van der Waals surface area (Å²) in [4.78, 5) is 0. The molecule has 0 aliphatic rings. The Morgan fingerprint density at radius 2 is 1.34 bits per heavy atom. The van der Waals surface area contributed by atoms with Crippen molar-refractivity contribution in [1.82, 2.24) is 0 Å². The van der Waals surface area contributed by atoms with Crippen molar-refractivity contribution in [1.29, 1.82) is 0 Å². The summed E-state index contributed by atoms with van der Waals surface area (Å²) in [5.41, 5.74) is -0.806. The molecule has 3 aromatic carbocycles. The van der Waals surface area contributed by atoms with Crippen molar-refractivity contribution in [3.8, 4) is 11.5 Å². The van der Waals surface area contributed by atoms with Gasteiger partial charge in [0.25, 0.3) is 10.1 Å². The van der Waals surface area contributed by atoms with Crippen LogP contribution in [0.15, 0.2) is 54.6 Å². The summed E-state index contributed by atoms with van der Waals surface area (Å²) in [7, 11) is -5.15. The smallest absolute Gasteiger partial charge is 0.283 e. The second kappa shape index (κ2) is 7.87. The highest BCUT2D eigenvalue weighted by atomic mass is 35.5. The van der Waals surface area contributed by atoms with Crippen molar-refractivity contribution in [3.05, 3.63) is 91.4 Å². The molecule has 0 radical (unpaired) electrons. The van der Waals surface area contributed by atoms with Gasteiger partial charge >= 0.3 is 0 Å². The Labute approximate surface area is 186 Å². The first kappa shape index (κ1) is 22.0. The lowest BCUT2D eigenvalue weighted by Crippen LogP contribution is -2.38. The molecule has 1 atom stereocenters. The maximum Gasteiger partial charge on any atom is 0.283 e. The highest BCUT2D eigenvalue weighted by Gasteiger charge is 2.52. The zero-order chi connectivity index (χ0) is 21.6. The van der Waals surface area contributed by atoms with E-state index in [-0.39, 0.29) is 31.2 Å². The van der Waals surface area contributed by atoms with Gasteiger partial charge in [-0.2, -0.15) is 8.42 Å². The average Bonchev–Trinajstić information content (AvgIpc) is 2.62. The van der Waals surface area contributed by atoms with Crippen LogP contribution in [0, 0.1) is 0 Å². The van der Waals surface area contributed by atoms with Crippen LogP contribution in [0.4, 0.5) is 0 Å². The molecule has 0 aliphatic carbocycles. The minimum atomic E-state index is -5.15. The summed E-state index contributed by atoms with van der Waals surface area (Å²) >= 11 is 24.2. The fraction of sp³-hybridized carbons (Fsp3) is 0.0526. The van der Waals surface area contributed by atoms with Crippen LogP contribution in [0.3, 0.4) is 0 Å². The quantitative estimate of drug-likeness (QED) is 0.311. The van der Waals surface area contributed by atoms with Gasteiger partial charge in [-0.05, 0) is 35.9 Å². The van der Waals surface area contributed by atoms with Gasteiger partial charge in [-0.1, -0.05) is 70.7 Å². The molecule has 5 nitrogen and oxygen atoms in total. The zero-order valence-corrected chi connectivity index (χ0v) is 18.1. The van der Waals surface area contributed by atoms with Gasteiger partial charge < -0.3 is 10.2 Å². The fourth-order valence-corrected chi connectivity index (χ4v) is 5.38. The molecule has 3 N–H and O–H groups in total. The molecule has 0 saturated carbocycles. The van der Waals surface area contributed by atoms with Crippen LogP contribution in [-0.4, -0.2) is 23.2 Å². The van der Waals surface area contributed by atoms with E-state index in [4.69, 9.17) is 46.4 Å². The van der Waals surface area contributed by atoms with Crippen molar-refractivity contribution in [3.63, 3.8) is 0 Å². The molecule has 0 heterocycles. The Kier molecular flexibility index (Phi) is 5.98. The summed E-state index contributed by atoms with van der Waals surface area (Å²) in [6.45, 7) is 0. The molecule has 1 unspecified atom stereocenters. The van der Waals surface area contributed by atoms with Crippen LogP contribution >= 0.6 is 46.4 Å². The van der Waals surface area contributed by atoms with E-state index in [9.17, 15) is 23.2 Å². The first-order chi connectivity index (χ1) is 13.5. The number of phenolic OH excluding ortho intramolecular Hbond substituents is 2. The van der Waals surface area contributed by atoms with Crippen molar-refractivity contribution in [2.24, 2.45) is 0 Å². The third-order valence-corrected chi connectivity index (χ3v) is 6.89. The van der Waals surface area contributed by atoms with Crippen LogP contribution in [0.1, 0.15) is 16.7 Å². The number of phenols is 2. The molecule has 3 aromatic rings. The third-order valence-electron chi connectivity index (χ3n) is 4.39. The molecular formula is C19H12Cl4O5S. The number of rotatable bonds is 4. The Bertz CT molecular complexity index is 1210. The number of halogens is 4. The predicted molar refractivity (Wildman–Crippen MR) is 114 cm³/mol. The van der Waals surface area contributed by atoms with Gasteiger partial charge in [0.05, 0.1) is 10.0 Å². The Balaban J connectivity index is 2.65. The number of aromatic hydroxyl groups is 2. The number of para-hydroxylation sites is 1. The molecule has 3 rings (SSSR count). The van der Waals surface area contributed by atoms with Crippen LogP contribution in [0.5, 0.6) is 11.5 Å². The van der Waals surface area contributed by atoms with Crippen LogP contribution in [0.25, 0.3) is 0 Å². The van der Waals surface area contributed by atoms with Crippen molar-refractivity contribution in [2.75, 3.05) is 0 Å². The maximum atomic E-state index is 13.0. The van der Waals surface area contributed by atoms with Gasteiger partial charge in [-0.3, -0.25) is 4.55 Å². The van der Waals surface area contributed by atoms with Crippen LogP contribution < -0.4 is 0 Å². The molecule has 0 amide bonds. The maximum absolute atomic E-state index is 13.0. The average molecular weight is 494 g/mol. The molecule has 10 heteroatoms. The molecular weight excluding hydrogens is 482 g/mol. The van der Waals surface area contributed by atoms with E-state index in [1.807, 2.05) is 0 Å². The second-order valence-corrected chi connectivity index (χ2v) is 9.34. The van der Waals surface area contributed by atoms with Gasteiger partial charge in [0.2, 0.25) is 0 Å². The molecule has 29 heavy (non-hydrogen) atoms. The number of hydrogen-bond acceptors (Lipinski definition) is 4. The summed E-state index contributed by atoms with van der Waals surface area (Å²) in [6.07, 6.45) is 0. The van der Waals surface area contributed by atoms with E-state index in [1.165, 1.54) is 48.5 Å². The predicted octanol–water partition coefficient (Wildman–Crippen LogP) is 5.89. The number of hydrogen-bond donors (Lipinski definition) is 3. The molecule has 0 bridgehead atoms. The highest BCUT2D eigenvalue weighted by Crippen LogP contribution is 2.52. The molecule has 0 fully saturated rings. The monoisotopic (exact) mass is 492 g/mol. The Morgan fingerprint density at radius 3 is 1.97 bits per heavy atom. The Hall–Kier alpha value is -1.67. The lowest BCUT2D eigenvalue weighted by molar-refractivity contribution is 0.428. The van der Waals surface area contributed by atoms with Crippen LogP contribution in [-0.2, 0) is 14.9 Å². The lowest BCUT2D eigenvalue weighted by Gasteiger charge is -2.34.